The first-order valence-electron chi connectivity index (χ1n) is 2.89. The first-order valence-corrected chi connectivity index (χ1v) is 4.61. The van der Waals surface area contributed by atoms with Crippen molar-refractivity contribution in [1.82, 2.24) is 9.55 Å². The topological polar surface area (TPSA) is 58.3 Å². The fourth-order valence-electron chi connectivity index (χ4n) is 1.01. The molecule has 0 fully saturated rings. The predicted octanol–water partition coefficient (Wildman–Crippen LogP) is 0.806. The van der Waals surface area contributed by atoms with Crippen LogP contribution in [0.25, 0.3) is 0 Å². The average Bonchev–Trinajstić information content (AvgIpc) is 2.36. The maximum Gasteiger partial charge on any atom is 0.222 e. The number of rotatable bonds is 0. The van der Waals surface area contributed by atoms with E-state index in [1.807, 2.05) is 0 Å². The van der Waals surface area contributed by atoms with Gasteiger partial charge in [0.2, 0.25) is 5.16 Å². The molecule has 2 N–H and O–H groups in total. The Morgan fingerprint density at radius 2 is 2.50 bits per heavy atom. The van der Waals surface area contributed by atoms with Crippen LogP contribution in [0.15, 0.2) is 11.4 Å². The van der Waals surface area contributed by atoms with Gasteiger partial charge in [-0.1, -0.05) is 0 Å². The second-order valence-electron chi connectivity index (χ2n) is 2.22. The molecular weight excluding hydrogens is 152 g/mol. The van der Waals surface area contributed by atoms with Crippen molar-refractivity contribution >= 4 is 10.6 Å². The van der Waals surface area contributed by atoms with Crippen LogP contribution in [0.4, 0.5) is 0 Å². The molecule has 1 radical (unpaired) electrons. The van der Waals surface area contributed by atoms with Crippen LogP contribution in [0.3, 0.4) is 0 Å². The highest BCUT2D eigenvalue weighted by molar-refractivity contribution is 8.24. The van der Waals surface area contributed by atoms with Gasteiger partial charge >= 0.3 is 0 Å². The van der Waals surface area contributed by atoms with E-state index in [0.29, 0.717) is 17.5 Å². The third-order valence-electron chi connectivity index (χ3n) is 1.53. The fourth-order valence-corrected chi connectivity index (χ4v) is 2.36. The van der Waals surface area contributed by atoms with Gasteiger partial charge in [-0.15, -0.1) is 10.6 Å². The van der Waals surface area contributed by atoms with E-state index in [4.69, 9.17) is 0 Å². The van der Waals surface area contributed by atoms with Crippen LogP contribution in [0.5, 0.6) is 0 Å². The molecule has 0 unspecified atom stereocenters. The molecule has 5 heteroatoms. The predicted molar refractivity (Wildman–Crippen MR) is 37.0 cm³/mol. The monoisotopic (exact) mass is 159 g/mol. The maximum absolute atomic E-state index is 9.27. The number of aromatic nitrogens is 2. The summed E-state index contributed by atoms with van der Waals surface area (Å²) in [6, 6.07) is 0. The van der Waals surface area contributed by atoms with Crippen molar-refractivity contribution in [3.05, 3.63) is 12.4 Å². The molecule has 10 heavy (non-hydrogen) atoms. The van der Waals surface area contributed by atoms with Crippen LogP contribution in [0.2, 0.25) is 0 Å². The molecule has 0 amide bonds. The van der Waals surface area contributed by atoms with E-state index in [-0.39, 0.29) is 0 Å². The van der Waals surface area contributed by atoms with Crippen molar-refractivity contribution in [2.75, 3.05) is 5.75 Å². The lowest BCUT2D eigenvalue weighted by Gasteiger charge is -2.22. The molecule has 1 aromatic rings. The van der Waals surface area contributed by atoms with E-state index < -0.39 is 10.6 Å². The van der Waals surface area contributed by atoms with Gasteiger partial charge in [0.1, 0.15) is 6.20 Å². The summed E-state index contributed by atoms with van der Waals surface area (Å²) >= 11 is 0. The van der Waals surface area contributed by atoms with E-state index in [1.54, 1.807) is 10.8 Å². The van der Waals surface area contributed by atoms with Crippen LogP contribution in [0.1, 0.15) is 0 Å². The average molecular weight is 159 g/mol. The smallest absolute Gasteiger partial charge is 0.222 e. The zero-order chi connectivity index (χ0) is 7.19. The van der Waals surface area contributed by atoms with Gasteiger partial charge < -0.3 is 4.57 Å². The first-order chi connectivity index (χ1) is 4.70. The third kappa shape index (κ3) is 0.681. The maximum atomic E-state index is 9.27. The van der Waals surface area contributed by atoms with E-state index in [9.17, 15) is 9.11 Å². The van der Waals surface area contributed by atoms with Crippen molar-refractivity contribution in [3.8, 4) is 0 Å². The summed E-state index contributed by atoms with van der Waals surface area (Å²) in [5.41, 5.74) is 0. The molecule has 1 aromatic heterocycles. The Morgan fingerprint density at radius 3 is 3.20 bits per heavy atom. The zero-order valence-electron chi connectivity index (χ0n) is 5.19. The van der Waals surface area contributed by atoms with E-state index in [2.05, 4.69) is 11.2 Å². The molecule has 0 saturated carbocycles. The lowest BCUT2D eigenvalue weighted by Crippen LogP contribution is -1.97. The summed E-state index contributed by atoms with van der Waals surface area (Å²) in [4.78, 5) is 3.72. The molecule has 1 aliphatic heterocycles. The molecule has 0 aliphatic carbocycles. The molecule has 0 aromatic carbocycles. The van der Waals surface area contributed by atoms with Gasteiger partial charge in [0.25, 0.3) is 0 Å². The number of hydrogen-bond donors (Lipinski definition) is 2. The van der Waals surface area contributed by atoms with Crippen LogP contribution >= 0.6 is 10.6 Å². The number of imidazole rings is 1. The standard InChI is InChI=1S/C5H7N2O2S/c8-10(9)4-3-7-2-1-6-5(7)10/h2,8-9H,3-4H2. The molecule has 0 atom stereocenters. The van der Waals surface area contributed by atoms with Crippen LogP contribution in [-0.2, 0) is 6.54 Å². The highest BCUT2D eigenvalue weighted by Crippen LogP contribution is 2.50. The summed E-state index contributed by atoms with van der Waals surface area (Å²) in [6.45, 7) is 0.647. The molecule has 4 nitrogen and oxygen atoms in total. The second-order valence-corrected chi connectivity index (χ2v) is 4.32. The van der Waals surface area contributed by atoms with E-state index >= 15 is 0 Å². The number of fused-ring (bicyclic) bond motifs is 1. The Labute approximate surface area is 59.9 Å². The molecule has 1 aliphatic rings. The third-order valence-corrected chi connectivity index (χ3v) is 3.19. The Hall–Kier alpha value is -0.520. The van der Waals surface area contributed by atoms with Gasteiger partial charge in [-0.2, -0.15) is 0 Å². The SMILES string of the molecule is OS1(O)CCn2c[c]nc21. The van der Waals surface area contributed by atoms with Crippen LogP contribution in [-0.4, -0.2) is 24.4 Å². The molecule has 2 heterocycles. The normalized spacial score (nSPS) is 24.2. The minimum Gasteiger partial charge on any atom is -0.316 e. The van der Waals surface area contributed by atoms with Crippen molar-refractivity contribution in [2.24, 2.45) is 0 Å². The highest BCUT2D eigenvalue weighted by atomic mass is 32.3. The van der Waals surface area contributed by atoms with Crippen LogP contribution in [0, 0.1) is 6.20 Å². The van der Waals surface area contributed by atoms with Crippen molar-refractivity contribution < 1.29 is 9.11 Å². The van der Waals surface area contributed by atoms with Crippen molar-refractivity contribution in [3.63, 3.8) is 0 Å². The van der Waals surface area contributed by atoms with Crippen molar-refractivity contribution in [1.29, 1.82) is 0 Å². The van der Waals surface area contributed by atoms with E-state index in [0.717, 1.165) is 0 Å². The Morgan fingerprint density at radius 1 is 1.70 bits per heavy atom. The minimum absolute atomic E-state index is 0.382. The van der Waals surface area contributed by atoms with E-state index in [1.165, 1.54) is 0 Å². The molecule has 0 bridgehead atoms. The molecular formula is C5H7N2O2S. The number of nitrogens with zero attached hydrogens (tertiary/aromatic N) is 2. The Bertz CT molecular complexity index is 258. The summed E-state index contributed by atoms with van der Waals surface area (Å²) in [7, 11) is -2.54. The summed E-state index contributed by atoms with van der Waals surface area (Å²) < 4.78 is 20.3. The van der Waals surface area contributed by atoms with Gasteiger partial charge in [-0.3, -0.25) is 9.11 Å². The van der Waals surface area contributed by atoms with Crippen LogP contribution < -0.4 is 0 Å². The van der Waals surface area contributed by atoms with Gasteiger partial charge in [-0.05, 0) is 0 Å². The molecule has 0 spiro atoms. The Balaban J connectivity index is 2.54. The van der Waals surface area contributed by atoms with Gasteiger partial charge in [-0.25, -0.2) is 4.98 Å². The number of aryl methyl sites for hydroxylation is 1. The molecule has 2 rings (SSSR count). The lowest BCUT2D eigenvalue weighted by molar-refractivity contribution is 0.486. The summed E-state index contributed by atoms with van der Waals surface area (Å²) in [6.07, 6.45) is 4.21. The fraction of sp³-hybridized carbons (Fsp3) is 0.400. The largest absolute Gasteiger partial charge is 0.316 e. The summed E-state index contributed by atoms with van der Waals surface area (Å²) in [5, 5.41) is 0.382. The lowest BCUT2D eigenvalue weighted by atomic mass is 10.7. The highest BCUT2D eigenvalue weighted by Gasteiger charge is 2.27. The minimum atomic E-state index is -2.54. The second kappa shape index (κ2) is 1.75. The quantitative estimate of drug-likeness (QED) is 0.588. The Kier molecular flexibility index (Phi) is 1.08. The first kappa shape index (κ1) is 6.21. The van der Waals surface area contributed by atoms with Gasteiger partial charge in [0.05, 0.1) is 5.75 Å². The van der Waals surface area contributed by atoms with Gasteiger partial charge in [0.15, 0.2) is 0 Å². The zero-order valence-corrected chi connectivity index (χ0v) is 6.01. The van der Waals surface area contributed by atoms with Crippen molar-refractivity contribution in [2.45, 2.75) is 11.7 Å². The number of hydrogen-bond acceptors (Lipinski definition) is 3. The molecule has 55 valence electrons. The summed E-state index contributed by atoms with van der Waals surface area (Å²) in [5.74, 6) is 0.407. The van der Waals surface area contributed by atoms with Gasteiger partial charge in [0, 0.05) is 12.7 Å². The molecule has 0 saturated heterocycles.